The smallest absolute Gasteiger partial charge is 0.237 e. The molecule has 0 aliphatic carbocycles. The fourth-order valence-electron chi connectivity index (χ4n) is 3.00. The lowest BCUT2D eigenvalue weighted by Gasteiger charge is -2.29. The number of halogens is 1. The van der Waals surface area contributed by atoms with Crippen LogP contribution in [-0.4, -0.2) is 47.3 Å². The maximum Gasteiger partial charge on any atom is 0.237 e. The van der Waals surface area contributed by atoms with Crippen molar-refractivity contribution in [1.29, 1.82) is 0 Å². The Morgan fingerprint density at radius 1 is 1.38 bits per heavy atom. The third-order valence-electron chi connectivity index (χ3n) is 4.13. The molecule has 1 aromatic rings. The van der Waals surface area contributed by atoms with Gasteiger partial charge in [-0.3, -0.25) is 9.69 Å². The first kappa shape index (κ1) is 16.3. The standard InChI is InChI=1S/C17H25ClN2O/c1-14(2)20(17(21)10-18)13-16-8-9-19(12-16)11-15-6-4-3-5-7-15/h3-7,14,16H,8-13H2,1-2H3. The number of carbonyl (C=O) groups is 1. The molecule has 1 fully saturated rings. The summed E-state index contributed by atoms with van der Waals surface area (Å²) < 4.78 is 0. The Hall–Kier alpha value is -1.06. The zero-order valence-electron chi connectivity index (χ0n) is 13.0. The second-order valence-corrected chi connectivity index (χ2v) is 6.42. The summed E-state index contributed by atoms with van der Waals surface area (Å²) in [6.45, 7) is 8.12. The van der Waals surface area contributed by atoms with Crippen LogP contribution in [0.3, 0.4) is 0 Å². The highest BCUT2D eigenvalue weighted by Gasteiger charge is 2.27. The Morgan fingerprint density at radius 2 is 2.10 bits per heavy atom. The van der Waals surface area contributed by atoms with Crippen LogP contribution in [0, 0.1) is 5.92 Å². The molecule has 2 rings (SSSR count). The van der Waals surface area contributed by atoms with E-state index in [2.05, 4.69) is 49.1 Å². The van der Waals surface area contributed by atoms with Gasteiger partial charge in [0.2, 0.25) is 5.91 Å². The number of carbonyl (C=O) groups excluding carboxylic acids is 1. The first-order valence-electron chi connectivity index (χ1n) is 7.72. The van der Waals surface area contributed by atoms with Gasteiger partial charge in [0, 0.05) is 25.7 Å². The van der Waals surface area contributed by atoms with E-state index >= 15 is 0 Å². The molecule has 1 saturated heterocycles. The van der Waals surface area contributed by atoms with Crippen molar-refractivity contribution >= 4 is 17.5 Å². The van der Waals surface area contributed by atoms with Crippen LogP contribution in [-0.2, 0) is 11.3 Å². The summed E-state index contributed by atoms with van der Waals surface area (Å²) in [5.41, 5.74) is 1.36. The lowest BCUT2D eigenvalue weighted by Crippen LogP contribution is -2.41. The topological polar surface area (TPSA) is 23.6 Å². The summed E-state index contributed by atoms with van der Waals surface area (Å²) in [6.07, 6.45) is 1.16. The average molecular weight is 309 g/mol. The van der Waals surface area contributed by atoms with Crippen LogP contribution in [0.2, 0.25) is 0 Å². The van der Waals surface area contributed by atoms with E-state index in [4.69, 9.17) is 11.6 Å². The van der Waals surface area contributed by atoms with Gasteiger partial charge in [-0.1, -0.05) is 30.3 Å². The second-order valence-electron chi connectivity index (χ2n) is 6.15. The minimum absolute atomic E-state index is 0.0492. The third kappa shape index (κ3) is 4.72. The van der Waals surface area contributed by atoms with Crippen LogP contribution in [0.1, 0.15) is 25.8 Å². The molecule has 0 bridgehead atoms. The Kier molecular flexibility index (Phi) is 6.07. The quantitative estimate of drug-likeness (QED) is 0.754. The van der Waals surface area contributed by atoms with Crippen molar-refractivity contribution in [2.24, 2.45) is 5.92 Å². The Labute approximate surface area is 132 Å². The molecule has 3 nitrogen and oxygen atoms in total. The maximum atomic E-state index is 11.9. The van der Waals surface area contributed by atoms with Gasteiger partial charge in [-0.05, 0) is 38.3 Å². The number of hydrogen-bond acceptors (Lipinski definition) is 2. The summed E-state index contributed by atoms with van der Waals surface area (Å²) in [7, 11) is 0. The van der Waals surface area contributed by atoms with Crippen molar-refractivity contribution in [1.82, 2.24) is 9.80 Å². The molecule has 1 heterocycles. The molecule has 4 heteroatoms. The molecule has 1 atom stereocenters. The summed E-state index contributed by atoms with van der Waals surface area (Å²) in [4.78, 5) is 16.3. The van der Waals surface area contributed by atoms with Crippen LogP contribution in [0.5, 0.6) is 0 Å². The van der Waals surface area contributed by atoms with Gasteiger partial charge in [0.15, 0.2) is 0 Å². The SMILES string of the molecule is CC(C)N(CC1CCN(Cc2ccccc2)C1)C(=O)CCl. The number of rotatable bonds is 6. The molecule has 0 radical (unpaired) electrons. The summed E-state index contributed by atoms with van der Waals surface area (Å²) in [5, 5.41) is 0. The molecule has 1 aromatic carbocycles. The minimum Gasteiger partial charge on any atom is -0.339 e. The predicted molar refractivity (Wildman–Crippen MR) is 87.4 cm³/mol. The number of hydrogen-bond donors (Lipinski definition) is 0. The molecule has 0 saturated carbocycles. The molecular formula is C17H25ClN2O. The van der Waals surface area contributed by atoms with Gasteiger partial charge in [0.05, 0.1) is 0 Å². The average Bonchev–Trinajstić information content (AvgIpc) is 2.92. The Balaban J connectivity index is 1.85. The number of benzene rings is 1. The van der Waals surface area contributed by atoms with Crippen molar-refractivity contribution in [2.75, 3.05) is 25.5 Å². The first-order chi connectivity index (χ1) is 10.1. The highest BCUT2D eigenvalue weighted by molar-refractivity contribution is 6.27. The predicted octanol–water partition coefficient (Wildman–Crippen LogP) is 2.98. The van der Waals surface area contributed by atoms with Crippen LogP contribution in [0.4, 0.5) is 0 Å². The molecule has 0 aromatic heterocycles. The van der Waals surface area contributed by atoms with E-state index in [1.807, 2.05) is 4.90 Å². The molecule has 1 unspecified atom stereocenters. The first-order valence-corrected chi connectivity index (χ1v) is 8.25. The molecule has 21 heavy (non-hydrogen) atoms. The van der Waals surface area contributed by atoms with E-state index < -0.39 is 0 Å². The minimum atomic E-state index is 0.0492. The van der Waals surface area contributed by atoms with E-state index in [-0.39, 0.29) is 17.8 Å². The van der Waals surface area contributed by atoms with E-state index in [1.54, 1.807) is 0 Å². The lowest BCUT2D eigenvalue weighted by atomic mass is 10.1. The Morgan fingerprint density at radius 3 is 2.71 bits per heavy atom. The van der Waals surface area contributed by atoms with E-state index in [0.29, 0.717) is 5.92 Å². The van der Waals surface area contributed by atoms with Crippen molar-refractivity contribution in [3.05, 3.63) is 35.9 Å². The molecular weight excluding hydrogens is 284 g/mol. The van der Waals surface area contributed by atoms with Gasteiger partial charge in [0.1, 0.15) is 5.88 Å². The van der Waals surface area contributed by atoms with Crippen LogP contribution >= 0.6 is 11.6 Å². The number of amides is 1. The fraction of sp³-hybridized carbons (Fsp3) is 0.588. The highest BCUT2D eigenvalue weighted by Crippen LogP contribution is 2.20. The van der Waals surface area contributed by atoms with E-state index in [0.717, 1.165) is 32.6 Å². The number of alkyl halides is 1. The normalized spacial score (nSPS) is 19.1. The van der Waals surface area contributed by atoms with Crippen molar-refractivity contribution in [3.63, 3.8) is 0 Å². The summed E-state index contributed by atoms with van der Waals surface area (Å²) in [5.74, 6) is 0.690. The van der Waals surface area contributed by atoms with Gasteiger partial charge in [0.25, 0.3) is 0 Å². The number of nitrogens with zero attached hydrogens (tertiary/aromatic N) is 2. The summed E-state index contributed by atoms with van der Waals surface area (Å²) >= 11 is 5.71. The Bertz CT molecular complexity index is 449. The van der Waals surface area contributed by atoms with E-state index in [1.165, 1.54) is 5.56 Å². The summed E-state index contributed by atoms with van der Waals surface area (Å²) in [6, 6.07) is 10.8. The van der Waals surface area contributed by atoms with Gasteiger partial charge >= 0.3 is 0 Å². The van der Waals surface area contributed by atoms with Gasteiger partial charge in [-0.15, -0.1) is 11.6 Å². The van der Waals surface area contributed by atoms with Gasteiger partial charge in [-0.2, -0.15) is 0 Å². The highest BCUT2D eigenvalue weighted by atomic mass is 35.5. The molecule has 0 N–H and O–H groups in total. The monoisotopic (exact) mass is 308 g/mol. The van der Waals surface area contributed by atoms with Gasteiger partial charge < -0.3 is 4.90 Å². The van der Waals surface area contributed by atoms with Crippen molar-refractivity contribution < 1.29 is 4.79 Å². The lowest BCUT2D eigenvalue weighted by molar-refractivity contribution is -0.130. The fourth-order valence-corrected chi connectivity index (χ4v) is 3.16. The van der Waals surface area contributed by atoms with Crippen LogP contribution in [0.15, 0.2) is 30.3 Å². The molecule has 1 aliphatic heterocycles. The van der Waals surface area contributed by atoms with Crippen molar-refractivity contribution in [2.45, 2.75) is 32.9 Å². The molecule has 1 aliphatic rings. The number of likely N-dealkylation sites (tertiary alicyclic amines) is 1. The van der Waals surface area contributed by atoms with E-state index in [9.17, 15) is 4.79 Å². The molecule has 1 amide bonds. The van der Waals surface area contributed by atoms with Crippen molar-refractivity contribution in [3.8, 4) is 0 Å². The largest absolute Gasteiger partial charge is 0.339 e. The third-order valence-corrected chi connectivity index (χ3v) is 4.36. The molecule has 116 valence electrons. The maximum absolute atomic E-state index is 11.9. The molecule has 0 spiro atoms. The second kappa shape index (κ2) is 7.81. The van der Waals surface area contributed by atoms with Gasteiger partial charge in [-0.25, -0.2) is 0 Å². The zero-order valence-corrected chi connectivity index (χ0v) is 13.7. The van der Waals surface area contributed by atoms with Crippen LogP contribution < -0.4 is 0 Å². The van der Waals surface area contributed by atoms with Crippen LogP contribution in [0.25, 0.3) is 0 Å². The zero-order chi connectivity index (χ0) is 15.2.